The smallest absolute Gasteiger partial charge is 0.261 e. The lowest BCUT2D eigenvalue weighted by Crippen LogP contribution is -2.13. The van der Waals surface area contributed by atoms with Crippen molar-refractivity contribution in [1.82, 2.24) is 4.98 Å². The van der Waals surface area contributed by atoms with Crippen molar-refractivity contribution >= 4 is 15.7 Å². The maximum Gasteiger partial charge on any atom is 0.261 e. The van der Waals surface area contributed by atoms with Crippen molar-refractivity contribution in [3.05, 3.63) is 65.2 Å². The van der Waals surface area contributed by atoms with Gasteiger partial charge >= 0.3 is 0 Å². The Morgan fingerprint density at radius 2 is 1.64 bits per heavy atom. The van der Waals surface area contributed by atoms with Crippen LogP contribution in [-0.2, 0) is 10.0 Å². The van der Waals surface area contributed by atoms with Crippen LogP contribution in [-0.4, -0.2) is 13.4 Å². The third kappa shape index (κ3) is 3.58. The Morgan fingerprint density at radius 1 is 0.960 bits per heavy atom. The molecule has 0 fully saturated rings. The minimum Gasteiger partial charge on any atom is -0.446 e. The summed E-state index contributed by atoms with van der Waals surface area (Å²) in [5, 5.41) is 0. The lowest BCUT2D eigenvalue weighted by molar-refractivity contribution is 0.495. The van der Waals surface area contributed by atoms with Crippen LogP contribution in [0.15, 0.2) is 51.8 Å². The molecule has 0 atom stereocenters. The molecule has 0 radical (unpaired) electrons. The van der Waals surface area contributed by atoms with Gasteiger partial charge in [0.1, 0.15) is 11.5 Å². The zero-order valence-corrected chi connectivity index (χ0v) is 15.4. The van der Waals surface area contributed by atoms with E-state index in [0.29, 0.717) is 17.3 Å². The topological polar surface area (TPSA) is 72.2 Å². The number of sulfonamides is 1. The number of nitrogens with one attached hydrogen (secondary N) is 1. The van der Waals surface area contributed by atoms with Crippen molar-refractivity contribution in [2.45, 2.75) is 32.6 Å². The van der Waals surface area contributed by atoms with Gasteiger partial charge in [0.05, 0.1) is 10.6 Å². The largest absolute Gasteiger partial charge is 0.446 e. The Bertz CT molecular complexity index is 1020. The van der Waals surface area contributed by atoms with Crippen molar-refractivity contribution in [3.8, 4) is 11.3 Å². The Balaban J connectivity index is 1.90. The molecule has 3 aromatic rings. The molecule has 2 aromatic carbocycles. The van der Waals surface area contributed by atoms with Gasteiger partial charge in [-0.2, -0.15) is 0 Å². The fourth-order valence-corrected chi connectivity index (χ4v) is 3.76. The molecular weight excluding hydrogens is 336 g/mol. The molecule has 0 saturated carbocycles. The van der Waals surface area contributed by atoms with Crippen LogP contribution in [0.3, 0.4) is 0 Å². The van der Waals surface area contributed by atoms with Crippen molar-refractivity contribution in [2.75, 3.05) is 4.72 Å². The van der Waals surface area contributed by atoms with Gasteiger partial charge < -0.3 is 4.42 Å². The standard InChI is InChI=1S/C19H20N2O3S/c1-12-5-6-13(2)18(11-12)21-25(22,23)17-9-7-16(8-10-17)19-14(3)24-15(4)20-19/h5-11,21H,1-4H3. The van der Waals surface area contributed by atoms with E-state index in [-0.39, 0.29) is 4.90 Å². The first-order chi connectivity index (χ1) is 11.8. The SMILES string of the molecule is Cc1ccc(C)c(NS(=O)(=O)c2ccc(-c3nc(C)oc3C)cc2)c1. The fourth-order valence-electron chi connectivity index (χ4n) is 2.64. The number of aryl methyl sites for hydroxylation is 4. The van der Waals surface area contributed by atoms with E-state index in [1.807, 2.05) is 39.0 Å². The van der Waals surface area contributed by atoms with Crippen LogP contribution in [0.4, 0.5) is 5.69 Å². The molecule has 1 N–H and O–H groups in total. The number of aromatic nitrogens is 1. The molecule has 25 heavy (non-hydrogen) atoms. The lowest BCUT2D eigenvalue weighted by Gasteiger charge is -2.11. The monoisotopic (exact) mass is 356 g/mol. The highest BCUT2D eigenvalue weighted by atomic mass is 32.2. The summed E-state index contributed by atoms with van der Waals surface area (Å²) in [6.45, 7) is 7.41. The summed E-state index contributed by atoms with van der Waals surface area (Å²) in [4.78, 5) is 4.53. The molecule has 0 spiro atoms. The van der Waals surface area contributed by atoms with Crippen LogP contribution in [0, 0.1) is 27.7 Å². The van der Waals surface area contributed by atoms with Gasteiger partial charge in [-0.15, -0.1) is 0 Å². The summed E-state index contributed by atoms with van der Waals surface area (Å²) in [6.07, 6.45) is 0. The zero-order valence-electron chi connectivity index (χ0n) is 14.6. The Hall–Kier alpha value is -2.60. The number of anilines is 1. The second kappa shape index (κ2) is 6.37. The predicted molar refractivity (Wildman–Crippen MR) is 98.1 cm³/mol. The molecule has 130 valence electrons. The predicted octanol–water partition coefficient (Wildman–Crippen LogP) is 4.38. The molecule has 0 aliphatic carbocycles. The molecule has 1 heterocycles. The number of benzene rings is 2. The molecule has 0 bridgehead atoms. The molecule has 1 aromatic heterocycles. The first kappa shape index (κ1) is 17.2. The van der Waals surface area contributed by atoms with E-state index in [1.54, 1.807) is 31.2 Å². The highest BCUT2D eigenvalue weighted by Gasteiger charge is 2.16. The summed E-state index contributed by atoms with van der Waals surface area (Å²) in [5.41, 5.74) is 4.01. The fraction of sp³-hybridized carbons (Fsp3) is 0.211. The lowest BCUT2D eigenvalue weighted by atomic mass is 10.1. The molecule has 6 heteroatoms. The van der Waals surface area contributed by atoms with Crippen LogP contribution >= 0.6 is 0 Å². The quantitative estimate of drug-likeness (QED) is 0.753. The minimum absolute atomic E-state index is 0.204. The van der Waals surface area contributed by atoms with Crippen LogP contribution in [0.2, 0.25) is 0 Å². The summed E-state index contributed by atoms with van der Waals surface area (Å²) in [5.74, 6) is 1.29. The van der Waals surface area contributed by atoms with E-state index in [0.717, 1.165) is 22.4 Å². The average Bonchev–Trinajstić information content (AvgIpc) is 2.89. The number of nitrogens with zero attached hydrogens (tertiary/aromatic N) is 1. The zero-order chi connectivity index (χ0) is 18.2. The normalized spacial score (nSPS) is 11.5. The van der Waals surface area contributed by atoms with Gasteiger partial charge in [0.2, 0.25) is 0 Å². The molecule has 0 aliphatic heterocycles. The second-order valence-corrected chi connectivity index (χ2v) is 7.77. The first-order valence-electron chi connectivity index (χ1n) is 7.91. The number of rotatable bonds is 4. The van der Waals surface area contributed by atoms with Crippen molar-refractivity contribution < 1.29 is 12.8 Å². The van der Waals surface area contributed by atoms with Gasteiger partial charge in [-0.25, -0.2) is 13.4 Å². The first-order valence-corrected chi connectivity index (χ1v) is 9.39. The number of oxazole rings is 1. The van der Waals surface area contributed by atoms with E-state index < -0.39 is 10.0 Å². The van der Waals surface area contributed by atoms with Gasteiger partial charge in [0.15, 0.2) is 5.89 Å². The van der Waals surface area contributed by atoms with E-state index in [2.05, 4.69) is 9.71 Å². The minimum atomic E-state index is -3.65. The van der Waals surface area contributed by atoms with Crippen LogP contribution < -0.4 is 4.72 Å². The average molecular weight is 356 g/mol. The van der Waals surface area contributed by atoms with Gasteiger partial charge in [0.25, 0.3) is 10.0 Å². The molecule has 5 nitrogen and oxygen atoms in total. The van der Waals surface area contributed by atoms with Crippen molar-refractivity contribution in [3.63, 3.8) is 0 Å². The molecule has 0 amide bonds. The summed E-state index contributed by atoms with van der Waals surface area (Å²) < 4.78 is 33.4. The van der Waals surface area contributed by atoms with E-state index in [4.69, 9.17) is 4.42 Å². The molecular formula is C19H20N2O3S. The molecule has 0 aliphatic rings. The Morgan fingerprint density at radius 3 is 2.24 bits per heavy atom. The number of hydrogen-bond acceptors (Lipinski definition) is 4. The van der Waals surface area contributed by atoms with Gasteiger partial charge in [0, 0.05) is 12.5 Å². The highest BCUT2D eigenvalue weighted by Crippen LogP contribution is 2.26. The van der Waals surface area contributed by atoms with Crippen molar-refractivity contribution in [1.29, 1.82) is 0 Å². The van der Waals surface area contributed by atoms with Crippen LogP contribution in [0.1, 0.15) is 22.8 Å². The van der Waals surface area contributed by atoms with Crippen molar-refractivity contribution in [2.24, 2.45) is 0 Å². The maximum atomic E-state index is 12.6. The Labute approximate surface area is 147 Å². The van der Waals surface area contributed by atoms with Crippen LogP contribution in [0.25, 0.3) is 11.3 Å². The molecule has 0 saturated heterocycles. The third-order valence-corrected chi connectivity index (χ3v) is 5.36. The maximum absolute atomic E-state index is 12.6. The summed E-state index contributed by atoms with van der Waals surface area (Å²) in [6, 6.07) is 12.3. The van der Waals surface area contributed by atoms with E-state index >= 15 is 0 Å². The second-order valence-electron chi connectivity index (χ2n) is 6.09. The highest BCUT2D eigenvalue weighted by molar-refractivity contribution is 7.92. The van der Waals surface area contributed by atoms with E-state index in [9.17, 15) is 8.42 Å². The Kier molecular flexibility index (Phi) is 4.39. The van der Waals surface area contributed by atoms with Gasteiger partial charge in [-0.3, -0.25) is 4.72 Å². The molecule has 3 rings (SSSR count). The van der Waals surface area contributed by atoms with Crippen LogP contribution in [0.5, 0.6) is 0 Å². The third-order valence-electron chi connectivity index (χ3n) is 3.98. The van der Waals surface area contributed by atoms with Gasteiger partial charge in [-0.1, -0.05) is 24.3 Å². The molecule has 0 unspecified atom stereocenters. The van der Waals surface area contributed by atoms with Gasteiger partial charge in [-0.05, 0) is 50.1 Å². The summed E-state index contributed by atoms with van der Waals surface area (Å²) in [7, 11) is -3.65. The number of hydrogen-bond donors (Lipinski definition) is 1. The summed E-state index contributed by atoms with van der Waals surface area (Å²) >= 11 is 0. The van der Waals surface area contributed by atoms with E-state index in [1.165, 1.54) is 0 Å².